The van der Waals surface area contributed by atoms with Crippen LogP contribution in [0, 0.1) is 0 Å². The van der Waals surface area contributed by atoms with Gasteiger partial charge in [-0.3, -0.25) is 9.67 Å². The summed E-state index contributed by atoms with van der Waals surface area (Å²) in [6.45, 7) is 3.09. The van der Waals surface area contributed by atoms with Crippen LogP contribution in [0.25, 0.3) is 11.4 Å². The van der Waals surface area contributed by atoms with Crippen LogP contribution in [-0.2, 0) is 12.3 Å². The Morgan fingerprint density at radius 3 is 2.82 bits per heavy atom. The minimum Gasteiger partial charge on any atom is -0.263 e. The third-order valence-electron chi connectivity index (χ3n) is 2.55. The molecule has 3 nitrogen and oxygen atoms in total. The van der Waals surface area contributed by atoms with E-state index in [1.807, 2.05) is 34.9 Å². The Hall–Kier alpha value is -1.29. The lowest BCUT2D eigenvalue weighted by Crippen LogP contribution is -2.01. The molecule has 2 heterocycles. The SMILES string of the molecule is CCCn1nccc1-c1ccc(CSC)cn1. The van der Waals surface area contributed by atoms with Crippen LogP contribution in [0.1, 0.15) is 18.9 Å². The minimum atomic E-state index is 0.941. The zero-order valence-electron chi connectivity index (χ0n) is 10.3. The summed E-state index contributed by atoms with van der Waals surface area (Å²) in [5.74, 6) is 1.02. The Morgan fingerprint density at radius 2 is 2.18 bits per heavy atom. The number of aryl methyl sites for hydroxylation is 1. The van der Waals surface area contributed by atoms with Gasteiger partial charge in [-0.05, 0) is 30.4 Å². The number of hydrogen-bond donors (Lipinski definition) is 0. The molecule has 2 aromatic heterocycles. The molecule has 0 aliphatic heterocycles. The van der Waals surface area contributed by atoms with E-state index in [-0.39, 0.29) is 0 Å². The number of rotatable bonds is 5. The average molecular weight is 247 g/mol. The molecule has 0 radical (unpaired) electrons. The van der Waals surface area contributed by atoms with Crippen molar-refractivity contribution in [3.05, 3.63) is 36.2 Å². The summed E-state index contributed by atoms with van der Waals surface area (Å²) in [6.07, 6.45) is 6.97. The van der Waals surface area contributed by atoms with Crippen molar-refractivity contribution in [2.75, 3.05) is 6.26 Å². The van der Waals surface area contributed by atoms with Crippen molar-refractivity contribution in [3.63, 3.8) is 0 Å². The Labute approximate surface area is 106 Å². The van der Waals surface area contributed by atoms with E-state index in [1.165, 1.54) is 5.56 Å². The molecule has 4 heteroatoms. The summed E-state index contributed by atoms with van der Waals surface area (Å²) in [4.78, 5) is 4.51. The number of hydrogen-bond acceptors (Lipinski definition) is 3. The van der Waals surface area contributed by atoms with Crippen LogP contribution in [-0.4, -0.2) is 21.0 Å². The zero-order valence-corrected chi connectivity index (χ0v) is 11.1. The first kappa shape index (κ1) is 12.2. The molecular weight excluding hydrogens is 230 g/mol. The maximum absolute atomic E-state index is 4.51. The van der Waals surface area contributed by atoms with E-state index in [1.54, 1.807) is 0 Å². The number of aromatic nitrogens is 3. The second-order valence-electron chi connectivity index (χ2n) is 3.92. The highest BCUT2D eigenvalue weighted by atomic mass is 32.2. The fraction of sp³-hybridized carbons (Fsp3) is 0.385. The Bertz CT molecular complexity index is 462. The third kappa shape index (κ3) is 2.88. The summed E-state index contributed by atoms with van der Waals surface area (Å²) < 4.78 is 2.01. The zero-order chi connectivity index (χ0) is 12.1. The van der Waals surface area contributed by atoms with Crippen LogP contribution in [0.3, 0.4) is 0 Å². The number of pyridine rings is 1. The van der Waals surface area contributed by atoms with Gasteiger partial charge in [0.1, 0.15) is 0 Å². The number of thioether (sulfide) groups is 1. The predicted molar refractivity (Wildman–Crippen MR) is 73.0 cm³/mol. The molecule has 0 aliphatic carbocycles. The first-order chi connectivity index (χ1) is 8.35. The smallest absolute Gasteiger partial charge is 0.0883 e. The monoisotopic (exact) mass is 247 g/mol. The van der Waals surface area contributed by atoms with Crippen molar-refractivity contribution >= 4 is 11.8 Å². The highest BCUT2D eigenvalue weighted by Gasteiger charge is 2.05. The Morgan fingerprint density at radius 1 is 1.29 bits per heavy atom. The van der Waals surface area contributed by atoms with Crippen LogP contribution in [0.2, 0.25) is 0 Å². The highest BCUT2D eigenvalue weighted by Crippen LogP contribution is 2.18. The van der Waals surface area contributed by atoms with Crippen molar-refractivity contribution in [1.82, 2.24) is 14.8 Å². The second-order valence-corrected chi connectivity index (χ2v) is 4.79. The van der Waals surface area contributed by atoms with Gasteiger partial charge < -0.3 is 0 Å². The lowest BCUT2D eigenvalue weighted by molar-refractivity contribution is 0.608. The van der Waals surface area contributed by atoms with Gasteiger partial charge in [0.05, 0.1) is 11.4 Å². The number of nitrogens with zero attached hydrogens (tertiary/aromatic N) is 3. The van der Waals surface area contributed by atoms with Crippen molar-refractivity contribution in [3.8, 4) is 11.4 Å². The van der Waals surface area contributed by atoms with Gasteiger partial charge >= 0.3 is 0 Å². The summed E-state index contributed by atoms with van der Waals surface area (Å²) in [7, 11) is 0. The van der Waals surface area contributed by atoms with Gasteiger partial charge in [-0.25, -0.2) is 0 Å². The molecule has 0 bridgehead atoms. The summed E-state index contributed by atoms with van der Waals surface area (Å²) in [6, 6.07) is 6.24. The Balaban J connectivity index is 2.23. The molecule has 0 amide bonds. The molecule has 0 saturated heterocycles. The molecule has 0 unspecified atom stereocenters. The molecule has 0 aliphatic rings. The van der Waals surface area contributed by atoms with E-state index in [0.717, 1.165) is 30.1 Å². The van der Waals surface area contributed by atoms with E-state index in [4.69, 9.17) is 0 Å². The quantitative estimate of drug-likeness (QED) is 0.812. The topological polar surface area (TPSA) is 30.7 Å². The predicted octanol–water partition coefficient (Wildman–Crippen LogP) is 3.22. The van der Waals surface area contributed by atoms with E-state index in [0.29, 0.717) is 0 Å². The first-order valence-corrected chi connectivity index (χ1v) is 7.20. The lowest BCUT2D eigenvalue weighted by Gasteiger charge is -2.06. The van der Waals surface area contributed by atoms with E-state index < -0.39 is 0 Å². The van der Waals surface area contributed by atoms with Crippen LogP contribution in [0.15, 0.2) is 30.6 Å². The van der Waals surface area contributed by atoms with E-state index >= 15 is 0 Å². The van der Waals surface area contributed by atoms with E-state index in [2.05, 4.69) is 35.4 Å². The van der Waals surface area contributed by atoms with Crippen molar-refractivity contribution in [1.29, 1.82) is 0 Å². The molecule has 17 heavy (non-hydrogen) atoms. The second kappa shape index (κ2) is 5.87. The van der Waals surface area contributed by atoms with Crippen LogP contribution >= 0.6 is 11.8 Å². The first-order valence-electron chi connectivity index (χ1n) is 5.81. The molecule has 0 aromatic carbocycles. The fourth-order valence-electron chi connectivity index (χ4n) is 1.77. The molecule has 0 saturated carbocycles. The molecule has 0 fully saturated rings. The maximum Gasteiger partial charge on any atom is 0.0883 e. The van der Waals surface area contributed by atoms with Crippen molar-refractivity contribution in [2.45, 2.75) is 25.6 Å². The summed E-state index contributed by atoms with van der Waals surface area (Å²) in [5.41, 5.74) is 3.37. The lowest BCUT2D eigenvalue weighted by atomic mass is 10.2. The van der Waals surface area contributed by atoms with Gasteiger partial charge in [0.2, 0.25) is 0 Å². The summed E-state index contributed by atoms with van der Waals surface area (Å²) in [5, 5.41) is 4.31. The van der Waals surface area contributed by atoms with Gasteiger partial charge in [-0.15, -0.1) is 0 Å². The molecule has 0 N–H and O–H groups in total. The fourth-order valence-corrected chi connectivity index (χ4v) is 2.27. The van der Waals surface area contributed by atoms with Gasteiger partial charge in [-0.1, -0.05) is 13.0 Å². The average Bonchev–Trinajstić information content (AvgIpc) is 2.79. The van der Waals surface area contributed by atoms with Gasteiger partial charge in [-0.2, -0.15) is 16.9 Å². The maximum atomic E-state index is 4.51. The molecule has 90 valence electrons. The largest absolute Gasteiger partial charge is 0.263 e. The summed E-state index contributed by atoms with van der Waals surface area (Å²) >= 11 is 1.81. The minimum absolute atomic E-state index is 0.941. The van der Waals surface area contributed by atoms with Crippen LogP contribution < -0.4 is 0 Å². The normalized spacial score (nSPS) is 10.7. The van der Waals surface area contributed by atoms with E-state index in [9.17, 15) is 0 Å². The van der Waals surface area contributed by atoms with Gasteiger partial charge in [0.25, 0.3) is 0 Å². The Kier molecular flexibility index (Phi) is 4.20. The van der Waals surface area contributed by atoms with Crippen LogP contribution in [0.4, 0.5) is 0 Å². The van der Waals surface area contributed by atoms with Gasteiger partial charge in [0.15, 0.2) is 0 Å². The third-order valence-corrected chi connectivity index (χ3v) is 3.17. The molecular formula is C13H17N3S. The highest BCUT2D eigenvalue weighted by molar-refractivity contribution is 7.97. The molecule has 2 aromatic rings. The van der Waals surface area contributed by atoms with Gasteiger partial charge in [0, 0.05) is 24.7 Å². The van der Waals surface area contributed by atoms with Crippen LogP contribution in [0.5, 0.6) is 0 Å². The molecule has 2 rings (SSSR count). The van der Waals surface area contributed by atoms with Crippen molar-refractivity contribution < 1.29 is 0 Å². The standard InChI is InChI=1S/C13H17N3S/c1-3-8-16-13(6-7-15-16)12-5-4-11(9-14-12)10-17-2/h4-7,9H,3,8,10H2,1-2H3. The van der Waals surface area contributed by atoms with Crippen molar-refractivity contribution in [2.24, 2.45) is 0 Å². The molecule has 0 spiro atoms. The molecule has 0 atom stereocenters.